The Labute approximate surface area is 165 Å². The van der Waals surface area contributed by atoms with Gasteiger partial charge < -0.3 is 19.4 Å². The fourth-order valence-corrected chi connectivity index (χ4v) is 3.24. The predicted octanol–water partition coefficient (Wildman–Crippen LogP) is 0.725. The van der Waals surface area contributed by atoms with E-state index in [2.05, 4.69) is 10.2 Å². The minimum atomic E-state index is -0.805. The van der Waals surface area contributed by atoms with E-state index in [0.717, 1.165) is 24.3 Å². The molecule has 0 saturated carbocycles. The molecule has 1 aliphatic rings. The maximum absolute atomic E-state index is 13.0. The third-order valence-corrected chi connectivity index (χ3v) is 5.21. The average molecular weight is 393 g/mol. The van der Waals surface area contributed by atoms with Crippen LogP contribution in [0.1, 0.15) is 35.5 Å². The highest BCUT2D eigenvalue weighted by molar-refractivity contribution is 5.96. The van der Waals surface area contributed by atoms with Crippen molar-refractivity contribution in [3.8, 4) is 0 Å². The van der Waals surface area contributed by atoms with Gasteiger partial charge in [-0.05, 0) is 31.4 Å². The Morgan fingerprint density at radius 2 is 1.86 bits per heavy atom. The first-order valence-electron chi connectivity index (χ1n) is 9.66. The molecule has 28 heavy (non-hydrogen) atoms. The van der Waals surface area contributed by atoms with Crippen LogP contribution in [0.3, 0.4) is 0 Å². The van der Waals surface area contributed by atoms with Crippen molar-refractivity contribution in [2.75, 3.05) is 40.0 Å². The largest absolute Gasteiger partial charge is 0.467 e. The molecule has 8 nitrogen and oxygen atoms in total. The molecule has 0 aliphatic carbocycles. The summed E-state index contributed by atoms with van der Waals surface area (Å²) in [6.45, 7) is 11.6. The number of aryl methyl sites for hydroxylation is 1. The molecule has 1 aliphatic heterocycles. The number of carbonyl (C=O) groups is 2. The fourth-order valence-electron chi connectivity index (χ4n) is 3.24. The first-order chi connectivity index (χ1) is 13.3. The highest BCUT2D eigenvalue weighted by atomic mass is 16.5. The van der Waals surface area contributed by atoms with E-state index in [1.807, 2.05) is 27.7 Å². The van der Waals surface area contributed by atoms with Gasteiger partial charge in [0.2, 0.25) is 0 Å². The zero-order valence-corrected chi connectivity index (χ0v) is 17.4. The molecular formula is C20H31N3O5. The molecule has 1 atom stereocenters. The number of nitrogens with zero attached hydrogens (tertiary/aromatic N) is 2. The SMILES string of the molecule is COC(=O)C(NC(=O)c1cc(C)c(C)n(CCN2CCOCC2)c1=O)C(C)C. The summed E-state index contributed by atoms with van der Waals surface area (Å²) in [5.74, 6) is -1.25. The molecule has 0 radical (unpaired) electrons. The lowest BCUT2D eigenvalue weighted by atomic mass is 10.0. The van der Waals surface area contributed by atoms with Crippen LogP contribution in [0.2, 0.25) is 0 Å². The van der Waals surface area contributed by atoms with E-state index in [0.29, 0.717) is 26.3 Å². The maximum Gasteiger partial charge on any atom is 0.328 e. The molecule has 1 saturated heterocycles. The van der Waals surface area contributed by atoms with Gasteiger partial charge in [-0.3, -0.25) is 14.5 Å². The number of morpholine rings is 1. The second-order valence-electron chi connectivity index (χ2n) is 7.46. The summed E-state index contributed by atoms with van der Waals surface area (Å²) in [4.78, 5) is 39.9. The van der Waals surface area contributed by atoms with Gasteiger partial charge in [0.05, 0.1) is 20.3 Å². The third-order valence-electron chi connectivity index (χ3n) is 5.21. The van der Waals surface area contributed by atoms with Crippen molar-refractivity contribution in [1.29, 1.82) is 0 Å². The van der Waals surface area contributed by atoms with Crippen LogP contribution in [0.25, 0.3) is 0 Å². The van der Waals surface area contributed by atoms with E-state index in [4.69, 9.17) is 9.47 Å². The Morgan fingerprint density at radius 3 is 2.43 bits per heavy atom. The molecule has 1 unspecified atom stereocenters. The predicted molar refractivity (Wildman–Crippen MR) is 106 cm³/mol. The lowest BCUT2D eigenvalue weighted by molar-refractivity contribution is -0.144. The van der Waals surface area contributed by atoms with Gasteiger partial charge in [-0.2, -0.15) is 0 Å². The zero-order valence-electron chi connectivity index (χ0n) is 17.4. The summed E-state index contributed by atoms with van der Waals surface area (Å²) >= 11 is 0. The molecule has 0 bridgehead atoms. The van der Waals surface area contributed by atoms with Crippen LogP contribution in [0.15, 0.2) is 10.9 Å². The summed E-state index contributed by atoms with van der Waals surface area (Å²) in [5.41, 5.74) is 1.38. The summed E-state index contributed by atoms with van der Waals surface area (Å²) in [5, 5.41) is 2.65. The highest BCUT2D eigenvalue weighted by Gasteiger charge is 2.27. The number of ether oxygens (including phenoxy) is 2. The molecule has 1 aromatic heterocycles. The quantitative estimate of drug-likeness (QED) is 0.687. The number of aromatic nitrogens is 1. The number of nitrogens with one attached hydrogen (secondary N) is 1. The number of pyridine rings is 1. The number of amides is 1. The molecule has 1 fully saturated rings. The van der Waals surface area contributed by atoms with Gasteiger partial charge in [0.1, 0.15) is 11.6 Å². The van der Waals surface area contributed by atoms with E-state index in [1.165, 1.54) is 7.11 Å². The molecule has 2 heterocycles. The van der Waals surface area contributed by atoms with Gasteiger partial charge in [-0.1, -0.05) is 13.8 Å². The van der Waals surface area contributed by atoms with Crippen molar-refractivity contribution >= 4 is 11.9 Å². The van der Waals surface area contributed by atoms with E-state index < -0.39 is 17.9 Å². The Hall–Kier alpha value is -2.19. The Morgan fingerprint density at radius 1 is 1.21 bits per heavy atom. The van der Waals surface area contributed by atoms with Gasteiger partial charge in [0.25, 0.3) is 11.5 Å². The van der Waals surface area contributed by atoms with E-state index in [1.54, 1.807) is 10.6 Å². The second kappa shape index (κ2) is 9.84. The van der Waals surface area contributed by atoms with Gasteiger partial charge in [-0.15, -0.1) is 0 Å². The van der Waals surface area contributed by atoms with Crippen LogP contribution in [0.4, 0.5) is 0 Å². The van der Waals surface area contributed by atoms with E-state index in [-0.39, 0.29) is 17.0 Å². The van der Waals surface area contributed by atoms with Crippen molar-refractivity contribution in [2.45, 2.75) is 40.3 Å². The summed E-state index contributed by atoms with van der Waals surface area (Å²) in [7, 11) is 1.28. The van der Waals surface area contributed by atoms with Crippen LogP contribution in [-0.2, 0) is 20.8 Å². The van der Waals surface area contributed by atoms with Gasteiger partial charge >= 0.3 is 5.97 Å². The van der Waals surface area contributed by atoms with Crippen LogP contribution in [-0.4, -0.2) is 67.3 Å². The summed E-state index contributed by atoms with van der Waals surface area (Å²) < 4.78 is 11.8. The smallest absolute Gasteiger partial charge is 0.328 e. The van der Waals surface area contributed by atoms with Crippen molar-refractivity contribution in [2.24, 2.45) is 5.92 Å². The van der Waals surface area contributed by atoms with Crippen molar-refractivity contribution in [3.63, 3.8) is 0 Å². The number of carbonyl (C=O) groups excluding carboxylic acids is 2. The Kier molecular flexibility index (Phi) is 7.77. The molecule has 0 spiro atoms. The van der Waals surface area contributed by atoms with Crippen molar-refractivity contribution in [3.05, 3.63) is 33.2 Å². The Balaban J connectivity index is 2.24. The zero-order chi connectivity index (χ0) is 20.8. The normalized spacial score (nSPS) is 16.1. The molecule has 1 aromatic rings. The van der Waals surface area contributed by atoms with Crippen molar-refractivity contribution in [1.82, 2.24) is 14.8 Å². The number of esters is 1. The van der Waals surface area contributed by atoms with Crippen molar-refractivity contribution < 1.29 is 19.1 Å². The fraction of sp³-hybridized carbons (Fsp3) is 0.650. The number of hydrogen-bond acceptors (Lipinski definition) is 6. The number of methoxy groups -OCH3 is 1. The van der Waals surface area contributed by atoms with Crippen LogP contribution >= 0.6 is 0 Å². The lowest BCUT2D eigenvalue weighted by Crippen LogP contribution is -2.47. The number of rotatable bonds is 7. The molecule has 0 aromatic carbocycles. The first-order valence-corrected chi connectivity index (χ1v) is 9.66. The van der Waals surface area contributed by atoms with Gasteiger partial charge in [0, 0.05) is 31.9 Å². The Bertz CT molecular complexity index is 766. The standard InChI is InChI=1S/C20H31N3O5/c1-13(2)17(20(26)27-5)21-18(24)16-12-14(3)15(4)23(19(16)25)7-6-22-8-10-28-11-9-22/h12-13,17H,6-11H2,1-5H3,(H,21,24). The summed E-state index contributed by atoms with van der Waals surface area (Å²) in [6.07, 6.45) is 0. The number of hydrogen-bond donors (Lipinski definition) is 1. The van der Waals surface area contributed by atoms with Crippen LogP contribution in [0.5, 0.6) is 0 Å². The third kappa shape index (κ3) is 5.20. The second-order valence-corrected chi connectivity index (χ2v) is 7.46. The molecule has 1 N–H and O–H groups in total. The van der Waals surface area contributed by atoms with Gasteiger partial charge in [0.15, 0.2) is 0 Å². The molecule has 156 valence electrons. The van der Waals surface area contributed by atoms with E-state index >= 15 is 0 Å². The minimum Gasteiger partial charge on any atom is -0.467 e. The average Bonchev–Trinajstić information content (AvgIpc) is 2.68. The van der Waals surface area contributed by atoms with Crippen LogP contribution in [0, 0.1) is 19.8 Å². The maximum atomic E-state index is 13.0. The molecule has 2 rings (SSSR count). The summed E-state index contributed by atoms with van der Waals surface area (Å²) in [6, 6.07) is 0.785. The topological polar surface area (TPSA) is 89.9 Å². The molecule has 8 heteroatoms. The highest BCUT2D eigenvalue weighted by Crippen LogP contribution is 2.10. The monoisotopic (exact) mass is 393 g/mol. The molecule has 1 amide bonds. The first kappa shape index (κ1) is 22.1. The lowest BCUT2D eigenvalue weighted by Gasteiger charge is -2.27. The minimum absolute atomic E-state index is 0.0413. The molecular weight excluding hydrogens is 362 g/mol. The van der Waals surface area contributed by atoms with Crippen LogP contribution < -0.4 is 10.9 Å². The van der Waals surface area contributed by atoms with Gasteiger partial charge in [-0.25, -0.2) is 4.79 Å². The van der Waals surface area contributed by atoms with E-state index in [9.17, 15) is 14.4 Å².